The molecule has 0 aromatic heterocycles. The third kappa shape index (κ3) is 2.73. The molecule has 6 aromatic rings. The number of carbonyl (C=O) groups excluding carboxylic acids is 3. The molecule has 1 aliphatic heterocycles. The van der Waals surface area contributed by atoms with Crippen LogP contribution in [0.2, 0.25) is 0 Å². The van der Waals surface area contributed by atoms with Gasteiger partial charge in [-0.15, -0.1) is 0 Å². The minimum atomic E-state index is -1.36. The molecule has 44 heavy (non-hydrogen) atoms. The van der Waals surface area contributed by atoms with Gasteiger partial charge in [0.15, 0.2) is 5.78 Å². The van der Waals surface area contributed by atoms with Gasteiger partial charge in [-0.1, -0.05) is 121 Å². The molecule has 2 amide bonds. The second kappa shape index (κ2) is 8.61. The van der Waals surface area contributed by atoms with Gasteiger partial charge in [-0.3, -0.25) is 14.4 Å². The first kappa shape index (κ1) is 25.2. The van der Waals surface area contributed by atoms with Crippen LogP contribution in [0, 0.1) is 18.8 Å². The van der Waals surface area contributed by atoms with E-state index in [-0.39, 0.29) is 17.6 Å². The Morgan fingerprint density at radius 3 is 1.39 bits per heavy atom. The van der Waals surface area contributed by atoms with Crippen molar-refractivity contribution in [3.63, 3.8) is 0 Å². The lowest BCUT2D eigenvalue weighted by molar-refractivity contribution is -0.130. The monoisotopic (exact) mass is 569 g/mol. The van der Waals surface area contributed by atoms with Crippen LogP contribution in [-0.4, -0.2) is 17.6 Å². The summed E-state index contributed by atoms with van der Waals surface area (Å²) >= 11 is 0. The Morgan fingerprint density at radius 2 is 0.932 bits per heavy atom. The zero-order valence-electron chi connectivity index (χ0n) is 24.0. The Bertz CT molecular complexity index is 2090. The number of amides is 2. The van der Waals surface area contributed by atoms with E-state index in [4.69, 9.17) is 0 Å². The van der Waals surface area contributed by atoms with Gasteiger partial charge >= 0.3 is 0 Å². The average molecular weight is 570 g/mol. The number of nitrogens with zero attached hydrogens (tertiary/aromatic N) is 1. The number of anilines is 1. The lowest BCUT2D eigenvalue weighted by atomic mass is 9.59. The van der Waals surface area contributed by atoms with Crippen LogP contribution in [0.5, 0.6) is 0 Å². The number of imide groups is 1. The second-order valence-corrected chi connectivity index (χ2v) is 12.3. The van der Waals surface area contributed by atoms with Gasteiger partial charge in [0.05, 0.1) is 28.4 Å². The smallest absolute Gasteiger partial charge is 0.239 e. The van der Waals surface area contributed by atoms with Crippen LogP contribution in [0.15, 0.2) is 133 Å². The van der Waals surface area contributed by atoms with Crippen LogP contribution < -0.4 is 4.90 Å². The lowest BCUT2D eigenvalue weighted by Crippen LogP contribution is -2.45. The molecule has 1 saturated carbocycles. The van der Waals surface area contributed by atoms with Gasteiger partial charge in [0.2, 0.25) is 11.8 Å². The maximum atomic E-state index is 15.8. The van der Waals surface area contributed by atoms with Crippen LogP contribution in [0.3, 0.4) is 0 Å². The zero-order chi connectivity index (χ0) is 29.8. The average Bonchev–Trinajstić information content (AvgIpc) is 3.58. The van der Waals surface area contributed by atoms with E-state index >= 15 is 4.79 Å². The molecule has 1 heterocycles. The molecule has 9 rings (SSSR count). The van der Waals surface area contributed by atoms with E-state index in [1.54, 1.807) is 0 Å². The van der Waals surface area contributed by atoms with E-state index in [1.807, 2.05) is 116 Å². The Kier molecular flexibility index (Phi) is 4.93. The Morgan fingerprint density at radius 1 is 0.500 bits per heavy atom. The predicted molar refractivity (Wildman–Crippen MR) is 172 cm³/mol. The highest BCUT2D eigenvalue weighted by molar-refractivity contribution is 6.34. The van der Waals surface area contributed by atoms with Crippen LogP contribution in [0.25, 0.3) is 21.5 Å². The summed E-state index contributed by atoms with van der Waals surface area (Å²) in [5.74, 6) is -2.52. The number of fused-ring (bicyclic) bond motifs is 13. The first-order valence-corrected chi connectivity index (χ1v) is 15.1. The van der Waals surface area contributed by atoms with Gasteiger partial charge in [0.1, 0.15) is 0 Å². The van der Waals surface area contributed by atoms with E-state index < -0.39 is 22.7 Å². The van der Waals surface area contributed by atoms with Gasteiger partial charge in [-0.2, -0.15) is 0 Å². The van der Waals surface area contributed by atoms with Crippen molar-refractivity contribution in [1.82, 2.24) is 0 Å². The second-order valence-electron chi connectivity index (χ2n) is 12.3. The predicted octanol–water partition coefficient (Wildman–Crippen LogP) is 7.28. The van der Waals surface area contributed by atoms with Crippen molar-refractivity contribution in [2.75, 3.05) is 4.90 Å². The Balaban J connectivity index is 1.52. The van der Waals surface area contributed by atoms with Gasteiger partial charge < -0.3 is 0 Å². The highest BCUT2D eigenvalue weighted by Crippen LogP contribution is 2.72. The number of rotatable bonds is 3. The molecule has 2 aliphatic carbocycles. The molecular weight excluding hydrogens is 542 g/mol. The number of ketones is 1. The van der Waals surface area contributed by atoms with E-state index in [1.165, 1.54) is 4.90 Å². The van der Waals surface area contributed by atoms with Crippen molar-refractivity contribution in [2.45, 2.75) is 17.8 Å². The minimum Gasteiger partial charge on any atom is -0.297 e. The number of benzene rings is 6. The number of carbonyl (C=O) groups is 3. The van der Waals surface area contributed by atoms with Crippen molar-refractivity contribution >= 4 is 44.8 Å². The van der Waals surface area contributed by atoms with Crippen molar-refractivity contribution < 1.29 is 14.4 Å². The Hall–Kier alpha value is -5.35. The van der Waals surface area contributed by atoms with E-state index in [0.29, 0.717) is 5.69 Å². The van der Waals surface area contributed by atoms with Gasteiger partial charge in [0.25, 0.3) is 0 Å². The first-order chi connectivity index (χ1) is 21.5. The summed E-state index contributed by atoms with van der Waals surface area (Å²) in [6, 6.07) is 43.3. The standard InChI is InChI=1S/C40H27NO3/c1-24-13-12-18-27(23-24)41-36(42)34-35(37(41)43)40(26-16-6-3-7-17-26)33-31-22-11-9-20-29(31)28-19-8-10-21-30(28)32(33)39(34,38(40)44)25-14-4-2-5-15-25/h2-23,34-35H,1H3/t34-,35+,39+,40-. The first-order valence-electron chi connectivity index (χ1n) is 15.1. The fraction of sp³-hybridized carbons (Fsp3) is 0.125. The van der Waals surface area contributed by atoms with E-state index in [9.17, 15) is 9.59 Å². The van der Waals surface area contributed by atoms with Crippen LogP contribution >= 0.6 is 0 Å². The van der Waals surface area contributed by atoms with Crippen LogP contribution in [0.1, 0.15) is 27.8 Å². The molecule has 0 radical (unpaired) electrons. The summed E-state index contributed by atoms with van der Waals surface area (Å²) in [4.78, 5) is 47.1. The summed E-state index contributed by atoms with van der Waals surface area (Å²) in [6.45, 7) is 1.95. The molecular formula is C40H27NO3. The van der Waals surface area contributed by atoms with Gasteiger partial charge in [0, 0.05) is 0 Å². The van der Waals surface area contributed by atoms with Crippen molar-refractivity contribution in [2.24, 2.45) is 11.8 Å². The molecule has 6 aromatic carbocycles. The van der Waals surface area contributed by atoms with Crippen LogP contribution in [-0.2, 0) is 25.2 Å². The molecule has 0 N–H and O–H groups in total. The number of aryl methyl sites for hydroxylation is 1. The highest BCUT2D eigenvalue weighted by Gasteiger charge is 2.82. The molecule has 3 aliphatic rings. The third-order valence-electron chi connectivity index (χ3n) is 10.4. The summed E-state index contributed by atoms with van der Waals surface area (Å²) in [6.07, 6.45) is 0. The summed E-state index contributed by atoms with van der Waals surface area (Å²) < 4.78 is 0. The fourth-order valence-corrected chi connectivity index (χ4v) is 8.97. The minimum absolute atomic E-state index is 0.0838. The Labute approximate surface area is 254 Å². The molecule has 4 nitrogen and oxygen atoms in total. The largest absolute Gasteiger partial charge is 0.297 e. The van der Waals surface area contributed by atoms with Crippen LogP contribution in [0.4, 0.5) is 5.69 Å². The van der Waals surface area contributed by atoms with E-state index in [2.05, 4.69) is 24.3 Å². The van der Waals surface area contributed by atoms with E-state index in [0.717, 1.165) is 49.4 Å². The van der Waals surface area contributed by atoms with Gasteiger partial charge in [-0.05, 0) is 68.4 Å². The molecule has 2 fully saturated rings. The van der Waals surface area contributed by atoms with Crippen molar-refractivity contribution in [1.29, 1.82) is 0 Å². The number of Topliss-reactive ketones (excluding diaryl/α,β-unsaturated/α-hetero) is 1. The van der Waals surface area contributed by atoms with Crippen molar-refractivity contribution in [3.8, 4) is 0 Å². The SMILES string of the molecule is Cc1cccc(N2C(=O)[C@@H]3[C@H](C2=O)[C@@]2(c4ccccc4)C(=O)[C@]3(c3ccccc3)c3c2c2ccccc2c2ccccc32)c1. The highest BCUT2D eigenvalue weighted by atomic mass is 16.2. The normalized spacial score (nSPS) is 25.2. The summed E-state index contributed by atoms with van der Waals surface area (Å²) in [5, 5.41) is 3.96. The molecule has 210 valence electrons. The fourth-order valence-electron chi connectivity index (χ4n) is 8.97. The lowest BCUT2D eigenvalue weighted by Gasteiger charge is -2.38. The summed E-state index contributed by atoms with van der Waals surface area (Å²) in [7, 11) is 0. The quantitative estimate of drug-likeness (QED) is 0.166. The molecule has 1 saturated heterocycles. The van der Waals surface area contributed by atoms with Gasteiger partial charge in [-0.25, -0.2) is 4.90 Å². The molecule has 2 bridgehead atoms. The van der Waals surface area contributed by atoms with Crippen molar-refractivity contribution in [3.05, 3.63) is 161 Å². The number of hydrogen-bond donors (Lipinski definition) is 0. The molecule has 4 atom stereocenters. The maximum Gasteiger partial charge on any atom is 0.239 e. The summed E-state index contributed by atoms with van der Waals surface area (Å²) in [5.41, 5.74) is 2.02. The molecule has 4 heteroatoms. The molecule has 0 unspecified atom stereocenters. The number of hydrogen-bond acceptors (Lipinski definition) is 3. The molecule has 0 spiro atoms. The zero-order valence-corrected chi connectivity index (χ0v) is 24.0. The topological polar surface area (TPSA) is 54.5 Å². The third-order valence-corrected chi connectivity index (χ3v) is 10.4. The maximum absolute atomic E-state index is 15.8.